The molecule has 0 bridgehead atoms. The summed E-state index contributed by atoms with van der Waals surface area (Å²) in [7, 11) is 0. The van der Waals surface area contributed by atoms with Gasteiger partial charge in [-0.1, -0.05) is 12.1 Å². The van der Waals surface area contributed by atoms with Gasteiger partial charge < -0.3 is 30.3 Å². The molecule has 0 radical (unpaired) electrons. The quantitative estimate of drug-likeness (QED) is 0.156. The Balaban J connectivity index is 2.29. The second-order valence-corrected chi connectivity index (χ2v) is 10.5. The van der Waals surface area contributed by atoms with E-state index >= 15 is 0 Å². The zero-order valence-corrected chi connectivity index (χ0v) is 24.3. The molecule has 254 valence electrons. The fourth-order valence-corrected chi connectivity index (χ4v) is 4.76. The van der Waals surface area contributed by atoms with Gasteiger partial charge in [0.2, 0.25) is 0 Å². The molecular formula is C27H38F4N4O10. The van der Waals surface area contributed by atoms with E-state index in [1.54, 1.807) is 4.90 Å². The maximum atomic E-state index is 13.2. The number of halogens is 4. The van der Waals surface area contributed by atoms with Gasteiger partial charge in [0, 0.05) is 52.4 Å². The largest absolute Gasteiger partial charge is 0.487 e. The number of aliphatic hydroxyl groups is 1. The molecule has 1 aromatic rings. The Morgan fingerprint density at radius 2 is 1.16 bits per heavy atom. The summed E-state index contributed by atoms with van der Waals surface area (Å²) >= 11 is 0. The maximum absolute atomic E-state index is 13.2. The highest BCUT2D eigenvalue weighted by atomic mass is 19.3. The van der Waals surface area contributed by atoms with Crippen LogP contribution in [-0.2, 0) is 25.6 Å². The molecule has 1 fully saturated rings. The first-order chi connectivity index (χ1) is 21.1. The van der Waals surface area contributed by atoms with Crippen molar-refractivity contribution in [3.8, 4) is 5.75 Å². The van der Waals surface area contributed by atoms with Crippen LogP contribution in [0.1, 0.15) is 5.56 Å². The van der Waals surface area contributed by atoms with E-state index in [1.807, 2.05) is 0 Å². The predicted octanol–water partition coefficient (Wildman–Crippen LogP) is -0.202. The van der Waals surface area contributed by atoms with Gasteiger partial charge in [-0.2, -0.15) is 8.78 Å². The minimum Gasteiger partial charge on any atom is -0.487 e. The van der Waals surface area contributed by atoms with Gasteiger partial charge in [0.1, 0.15) is 17.8 Å². The summed E-state index contributed by atoms with van der Waals surface area (Å²) in [6.07, 6.45) is -4.02. The molecule has 1 aromatic carbocycles. The highest BCUT2D eigenvalue weighted by Gasteiger charge is 2.41. The fourth-order valence-electron chi connectivity index (χ4n) is 4.76. The van der Waals surface area contributed by atoms with Gasteiger partial charge in [0.25, 0.3) is 0 Å². The molecule has 1 heterocycles. The van der Waals surface area contributed by atoms with Gasteiger partial charge in [-0.05, 0) is 24.1 Å². The second kappa shape index (κ2) is 17.8. The normalized spacial score (nSPS) is 18.4. The first-order valence-corrected chi connectivity index (χ1v) is 13.9. The van der Waals surface area contributed by atoms with E-state index in [1.165, 1.54) is 39.0 Å². The number of carboxylic acid groups (broad SMARTS) is 4. The average molecular weight is 655 g/mol. The standard InChI is InChI=1S/C27H38F4N4O10/c28-26(29)27(30,31)17-45-19-3-1-18(2-4-19)13-20(24(41)42)34-9-5-32(14-22(37)38)7-11-35(21(16-36)25(43)44)12-8-33(6-10-34)15-23(39)40/h1-4,20-21,26,36H,5-17H2,(H,37,38)(H,39,40)(H,41,42)(H,43,44). The van der Waals surface area contributed by atoms with Crippen molar-refractivity contribution in [2.45, 2.75) is 30.9 Å². The van der Waals surface area contributed by atoms with Crippen molar-refractivity contribution in [1.82, 2.24) is 19.6 Å². The van der Waals surface area contributed by atoms with Crippen LogP contribution >= 0.6 is 0 Å². The lowest BCUT2D eigenvalue weighted by Gasteiger charge is -2.36. The third-order valence-electron chi connectivity index (χ3n) is 7.26. The number of hydrogen-bond acceptors (Lipinski definition) is 10. The van der Waals surface area contributed by atoms with Gasteiger partial charge in [-0.15, -0.1) is 0 Å². The summed E-state index contributed by atoms with van der Waals surface area (Å²) in [5.41, 5.74) is 0.436. The van der Waals surface area contributed by atoms with Crippen molar-refractivity contribution in [1.29, 1.82) is 0 Å². The van der Waals surface area contributed by atoms with Crippen LogP contribution in [0.25, 0.3) is 0 Å². The van der Waals surface area contributed by atoms with E-state index in [9.17, 15) is 62.3 Å². The number of rotatable bonds is 15. The van der Waals surface area contributed by atoms with Gasteiger partial charge in [0.05, 0.1) is 19.7 Å². The van der Waals surface area contributed by atoms with Crippen LogP contribution in [0.4, 0.5) is 17.6 Å². The van der Waals surface area contributed by atoms with Crippen molar-refractivity contribution in [2.75, 3.05) is 78.7 Å². The molecule has 1 aliphatic heterocycles. The van der Waals surface area contributed by atoms with Crippen LogP contribution < -0.4 is 4.74 Å². The number of carboxylic acids is 4. The Bertz CT molecular complexity index is 1100. The van der Waals surface area contributed by atoms with E-state index in [0.717, 1.165) is 0 Å². The van der Waals surface area contributed by atoms with Crippen molar-refractivity contribution in [3.63, 3.8) is 0 Å². The van der Waals surface area contributed by atoms with Gasteiger partial charge in [-0.3, -0.25) is 38.8 Å². The summed E-state index contributed by atoms with van der Waals surface area (Å²) in [5, 5.41) is 48.2. The highest BCUT2D eigenvalue weighted by molar-refractivity contribution is 5.74. The lowest BCUT2D eigenvalue weighted by molar-refractivity contribution is -0.148. The van der Waals surface area contributed by atoms with Crippen molar-refractivity contribution in [3.05, 3.63) is 29.8 Å². The molecule has 45 heavy (non-hydrogen) atoms. The van der Waals surface area contributed by atoms with E-state index in [-0.39, 0.29) is 64.5 Å². The van der Waals surface area contributed by atoms with Crippen molar-refractivity contribution >= 4 is 23.9 Å². The molecule has 18 heteroatoms. The SMILES string of the molecule is O=C(O)CN1CCN(C(CO)C(=O)O)CCN(CC(=O)O)CCN(C(Cc2ccc(OCC(F)(F)C(F)F)cc2)C(=O)O)CC1. The molecule has 0 aliphatic carbocycles. The molecular weight excluding hydrogens is 616 g/mol. The number of carbonyl (C=O) groups is 4. The summed E-state index contributed by atoms with van der Waals surface area (Å²) in [6.45, 7) is -2.87. The minimum absolute atomic E-state index is 0.0196. The third-order valence-corrected chi connectivity index (χ3v) is 7.26. The number of ether oxygens (including phenoxy) is 1. The molecule has 1 saturated heterocycles. The van der Waals surface area contributed by atoms with Crippen LogP contribution in [0.5, 0.6) is 5.75 Å². The van der Waals surface area contributed by atoms with Gasteiger partial charge in [0.15, 0.2) is 6.61 Å². The summed E-state index contributed by atoms with van der Waals surface area (Å²) in [6, 6.07) is 2.75. The summed E-state index contributed by atoms with van der Waals surface area (Å²) in [4.78, 5) is 53.2. The average Bonchev–Trinajstić information content (AvgIpc) is 2.95. The summed E-state index contributed by atoms with van der Waals surface area (Å²) in [5.74, 6) is -9.38. The second-order valence-electron chi connectivity index (χ2n) is 10.5. The summed E-state index contributed by atoms with van der Waals surface area (Å²) < 4.78 is 55.9. The molecule has 1 aliphatic rings. The number of hydrogen-bond donors (Lipinski definition) is 5. The van der Waals surface area contributed by atoms with Crippen molar-refractivity contribution < 1.29 is 67.0 Å². The highest BCUT2D eigenvalue weighted by Crippen LogP contribution is 2.25. The van der Waals surface area contributed by atoms with Gasteiger partial charge >= 0.3 is 36.2 Å². The lowest BCUT2D eigenvalue weighted by atomic mass is 10.0. The van der Waals surface area contributed by atoms with Crippen LogP contribution in [-0.4, -0.2) is 172 Å². The predicted molar refractivity (Wildman–Crippen MR) is 148 cm³/mol. The Labute approximate surface area is 256 Å². The van der Waals surface area contributed by atoms with E-state index in [2.05, 4.69) is 0 Å². The first kappa shape index (κ1) is 37.6. The smallest absolute Gasteiger partial charge is 0.340 e. The topological polar surface area (TPSA) is 192 Å². The Kier molecular flexibility index (Phi) is 14.9. The van der Waals surface area contributed by atoms with Crippen molar-refractivity contribution in [2.24, 2.45) is 0 Å². The first-order valence-electron chi connectivity index (χ1n) is 13.9. The van der Waals surface area contributed by atoms with Crippen LogP contribution in [0.15, 0.2) is 24.3 Å². The minimum atomic E-state index is -4.35. The molecule has 0 spiro atoms. The van der Waals surface area contributed by atoms with Crippen LogP contribution in [0, 0.1) is 0 Å². The van der Waals surface area contributed by atoms with Gasteiger partial charge in [-0.25, -0.2) is 8.78 Å². The number of alkyl halides is 4. The maximum Gasteiger partial charge on any atom is 0.340 e. The molecule has 0 saturated carbocycles. The zero-order valence-electron chi connectivity index (χ0n) is 24.3. The van der Waals surface area contributed by atoms with E-state index in [0.29, 0.717) is 5.56 Å². The molecule has 0 aromatic heterocycles. The Morgan fingerprint density at radius 1 is 0.733 bits per heavy atom. The molecule has 2 rings (SSSR count). The Hall–Kier alpha value is -3.58. The molecule has 2 unspecified atom stereocenters. The molecule has 5 N–H and O–H groups in total. The number of nitrogens with zero attached hydrogens (tertiary/aromatic N) is 4. The van der Waals surface area contributed by atoms with E-state index < -0.39 is 74.6 Å². The molecule has 14 nitrogen and oxygen atoms in total. The van der Waals surface area contributed by atoms with Crippen LogP contribution in [0.3, 0.4) is 0 Å². The third kappa shape index (κ3) is 12.7. The van der Waals surface area contributed by atoms with Crippen LogP contribution in [0.2, 0.25) is 0 Å². The number of benzene rings is 1. The zero-order chi connectivity index (χ0) is 33.7. The fraction of sp³-hybridized carbons (Fsp3) is 0.630. The number of aliphatic hydroxyl groups excluding tert-OH is 1. The molecule has 0 amide bonds. The van der Waals surface area contributed by atoms with E-state index in [4.69, 9.17) is 4.74 Å². The lowest BCUT2D eigenvalue weighted by Crippen LogP contribution is -2.54. The Morgan fingerprint density at radius 3 is 1.51 bits per heavy atom. The molecule has 2 atom stereocenters. The monoisotopic (exact) mass is 654 g/mol. The number of aliphatic carboxylic acids is 4.